The van der Waals surface area contributed by atoms with Gasteiger partial charge < -0.3 is 5.32 Å². The largest absolute Gasteiger partial charge is 0.351 e. The lowest BCUT2D eigenvalue weighted by molar-refractivity contribution is -0.121. The summed E-state index contributed by atoms with van der Waals surface area (Å²) in [5.41, 5.74) is 4.81. The van der Waals surface area contributed by atoms with Crippen molar-refractivity contribution < 1.29 is 4.79 Å². The first-order chi connectivity index (χ1) is 14.3. The van der Waals surface area contributed by atoms with Gasteiger partial charge in [0.15, 0.2) is 0 Å². The molecular formula is C25H21N3O. The number of hydrogen-bond acceptors (Lipinski definition) is 3. The molecule has 0 aliphatic rings. The standard InChI is InChI=1S/C25H21N3O/c29-25(24(21-7-3-1-4-8-21)22-9-5-2-6-10-22)28-18-19-11-16-27-23(17-19)20-12-14-26-15-13-20/h1-17,24H,18H2,(H,28,29). The SMILES string of the molecule is O=C(NCc1ccnc(-c2ccncc2)c1)C(c1ccccc1)c1ccccc1. The van der Waals surface area contributed by atoms with Crippen LogP contribution in [0.2, 0.25) is 0 Å². The third-order valence-electron chi connectivity index (χ3n) is 4.80. The highest BCUT2D eigenvalue weighted by molar-refractivity contribution is 5.87. The molecule has 4 aromatic rings. The van der Waals surface area contributed by atoms with Crippen molar-refractivity contribution in [2.45, 2.75) is 12.5 Å². The van der Waals surface area contributed by atoms with Gasteiger partial charge in [0.1, 0.15) is 0 Å². The summed E-state index contributed by atoms with van der Waals surface area (Å²) in [7, 11) is 0. The topological polar surface area (TPSA) is 54.9 Å². The predicted molar refractivity (Wildman–Crippen MR) is 114 cm³/mol. The molecule has 2 heterocycles. The smallest absolute Gasteiger partial charge is 0.232 e. The van der Waals surface area contributed by atoms with Gasteiger partial charge in [-0.05, 0) is 41.0 Å². The zero-order valence-corrected chi connectivity index (χ0v) is 15.9. The first-order valence-electron chi connectivity index (χ1n) is 9.54. The summed E-state index contributed by atoms with van der Waals surface area (Å²) in [4.78, 5) is 21.6. The van der Waals surface area contributed by atoms with Crippen LogP contribution >= 0.6 is 0 Å². The Labute approximate surface area is 170 Å². The van der Waals surface area contributed by atoms with Gasteiger partial charge in [-0.1, -0.05) is 60.7 Å². The second kappa shape index (κ2) is 8.93. The highest BCUT2D eigenvalue weighted by atomic mass is 16.1. The average molecular weight is 379 g/mol. The van der Waals surface area contributed by atoms with E-state index < -0.39 is 0 Å². The van der Waals surface area contributed by atoms with E-state index in [1.54, 1.807) is 18.6 Å². The van der Waals surface area contributed by atoms with Gasteiger partial charge >= 0.3 is 0 Å². The molecule has 1 amide bonds. The molecule has 0 bridgehead atoms. The Balaban J connectivity index is 1.53. The van der Waals surface area contributed by atoms with E-state index in [-0.39, 0.29) is 11.8 Å². The van der Waals surface area contributed by atoms with Crippen molar-refractivity contribution in [2.24, 2.45) is 0 Å². The maximum absolute atomic E-state index is 13.1. The molecule has 29 heavy (non-hydrogen) atoms. The van der Waals surface area contributed by atoms with Gasteiger partial charge in [-0.25, -0.2) is 0 Å². The van der Waals surface area contributed by atoms with Gasteiger partial charge in [0.05, 0.1) is 11.6 Å². The number of carbonyl (C=O) groups is 1. The van der Waals surface area contributed by atoms with Crippen molar-refractivity contribution in [1.29, 1.82) is 0 Å². The zero-order chi connectivity index (χ0) is 19.9. The molecule has 4 nitrogen and oxygen atoms in total. The van der Waals surface area contributed by atoms with Crippen LogP contribution in [0.15, 0.2) is 104 Å². The third kappa shape index (κ3) is 4.55. The van der Waals surface area contributed by atoms with Crippen LogP contribution in [0.5, 0.6) is 0 Å². The van der Waals surface area contributed by atoms with E-state index in [1.807, 2.05) is 84.9 Å². The Bertz CT molecular complexity index is 1030. The molecule has 0 radical (unpaired) electrons. The number of nitrogens with zero attached hydrogens (tertiary/aromatic N) is 2. The lowest BCUT2D eigenvalue weighted by Gasteiger charge is -2.18. The fraction of sp³-hybridized carbons (Fsp3) is 0.0800. The highest BCUT2D eigenvalue weighted by Gasteiger charge is 2.22. The van der Waals surface area contributed by atoms with E-state index >= 15 is 0 Å². The Morgan fingerprint density at radius 1 is 0.793 bits per heavy atom. The Morgan fingerprint density at radius 3 is 2.03 bits per heavy atom. The second-order valence-electron chi connectivity index (χ2n) is 6.76. The van der Waals surface area contributed by atoms with Crippen molar-refractivity contribution in [2.75, 3.05) is 0 Å². The molecular weight excluding hydrogens is 358 g/mol. The molecule has 0 saturated carbocycles. The molecule has 0 spiro atoms. The Hall–Kier alpha value is -3.79. The number of benzene rings is 2. The number of carbonyl (C=O) groups excluding carboxylic acids is 1. The maximum atomic E-state index is 13.1. The summed E-state index contributed by atoms with van der Waals surface area (Å²) in [6, 6.07) is 27.5. The summed E-state index contributed by atoms with van der Waals surface area (Å²) >= 11 is 0. The van der Waals surface area contributed by atoms with Gasteiger partial charge in [-0.2, -0.15) is 0 Å². The van der Waals surface area contributed by atoms with Crippen LogP contribution in [-0.4, -0.2) is 15.9 Å². The van der Waals surface area contributed by atoms with Crippen molar-refractivity contribution in [3.8, 4) is 11.3 Å². The number of pyridine rings is 2. The number of rotatable bonds is 6. The molecule has 4 rings (SSSR count). The minimum atomic E-state index is -0.348. The van der Waals surface area contributed by atoms with E-state index in [0.717, 1.165) is 27.9 Å². The summed E-state index contributed by atoms with van der Waals surface area (Å²) in [5, 5.41) is 3.10. The van der Waals surface area contributed by atoms with Gasteiger partial charge in [0.2, 0.25) is 5.91 Å². The van der Waals surface area contributed by atoms with Crippen molar-refractivity contribution in [1.82, 2.24) is 15.3 Å². The van der Waals surface area contributed by atoms with Crippen LogP contribution in [-0.2, 0) is 11.3 Å². The number of aromatic nitrogens is 2. The molecule has 0 saturated heterocycles. The maximum Gasteiger partial charge on any atom is 0.232 e. The van der Waals surface area contributed by atoms with Crippen LogP contribution in [0.3, 0.4) is 0 Å². The second-order valence-corrected chi connectivity index (χ2v) is 6.76. The molecule has 0 atom stereocenters. The number of nitrogens with one attached hydrogen (secondary N) is 1. The predicted octanol–water partition coefficient (Wildman–Crippen LogP) is 4.59. The van der Waals surface area contributed by atoms with E-state index in [9.17, 15) is 4.79 Å². The average Bonchev–Trinajstić information content (AvgIpc) is 2.80. The first kappa shape index (κ1) is 18.6. The van der Waals surface area contributed by atoms with Crippen LogP contribution in [0.25, 0.3) is 11.3 Å². The van der Waals surface area contributed by atoms with Gasteiger partial charge in [-0.3, -0.25) is 14.8 Å². The Morgan fingerprint density at radius 2 is 1.41 bits per heavy atom. The fourth-order valence-electron chi connectivity index (χ4n) is 3.34. The molecule has 0 unspecified atom stereocenters. The van der Waals surface area contributed by atoms with Gasteiger partial charge in [-0.15, -0.1) is 0 Å². The third-order valence-corrected chi connectivity index (χ3v) is 4.80. The van der Waals surface area contributed by atoms with E-state index in [0.29, 0.717) is 6.54 Å². The van der Waals surface area contributed by atoms with Gasteiger partial charge in [0, 0.05) is 30.7 Å². The quantitative estimate of drug-likeness (QED) is 0.533. The van der Waals surface area contributed by atoms with E-state index in [1.165, 1.54) is 0 Å². The summed E-state index contributed by atoms with van der Waals surface area (Å²) in [6.07, 6.45) is 5.26. The number of hydrogen-bond donors (Lipinski definition) is 1. The molecule has 4 heteroatoms. The van der Waals surface area contributed by atoms with E-state index in [4.69, 9.17) is 0 Å². The molecule has 0 fully saturated rings. The van der Waals surface area contributed by atoms with Crippen LogP contribution in [0.1, 0.15) is 22.6 Å². The summed E-state index contributed by atoms with van der Waals surface area (Å²) in [6.45, 7) is 0.440. The van der Waals surface area contributed by atoms with Crippen molar-refractivity contribution in [3.63, 3.8) is 0 Å². The molecule has 2 aromatic carbocycles. The summed E-state index contributed by atoms with van der Waals surface area (Å²) in [5.74, 6) is -0.372. The monoisotopic (exact) mass is 379 g/mol. The first-order valence-corrected chi connectivity index (χ1v) is 9.54. The lowest BCUT2D eigenvalue weighted by atomic mass is 9.90. The lowest BCUT2D eigenvalue weighted by Crippen LogP contribution is -2.29. The van der Waals surface area contributed by atoms with Crippen LogP contribution < -0.4 is 5.32 Å². The van der Waals surface area contributed by atoms with Crippen molar-refractivity contribution in [3.05, 3.63) is 120 Å². The van der Waals surface area contributed by atoms with Gasteiger partial charge in [0.25, 0.3) is 0 Å². The van der Waals surface area contributed by atoms with Crippen LogP contribution in [0, 0.1) is 0 Å². The Kier molecular flexibility index (Phi) is 5.72. The highest BCUT2D eigenvalue weighted by Crippen LogP contribution is 2.25. The molecule has 0 aliphatic heterocycles. The van der Waals surface area contributed by atoms with E-state index in [2.05, 4.69) is 15.3 Å². The molecule has 142 valence electrons. The molecule has 1 N–H and O–H groups in total. The van der Waals surface area contributed by atoms with Crippen LogP contribution in [0.4, 0.5) is 0 Å². The minimum Gasteiger partial charge on any atom is -0.351 e. The number of amides is 1. The zero-order valence-electron chi connectivity index (χ0n) is 15.9. The van der Waals surface area contributed by atoms with Crippen molar-refractivity contribution >= 4 is 5.91 Å². The minimum absolute atomic E-state index is 0.0235. The fourth-order valence-corrected chi connectivity index (χ4v) is 3.34. The summed E-state index contributed by atoms with van der Waals surface area (Å²) < 4.78 is 0. The molecule has 2 aromatic heterocycles. The molecule has 0 aliphatic carbocycles. The normalized spacial score (nSPS) is 10.7.